The summed E-state index contributed by atoms with van der Waals surface area (Å²) in [5.41, 5.74) is 0. The maximum absolute atomic E-state index is 11.3. The van der Waals surface area contributed by atoms with Crippen LogP contribution in [0.2, 0.25) is 0 Å². The zero-order chi connectivity index (χ0) is 12.3. The molecule has 0 unspecified atom stereocenters. The molecule has 2 heterocycles. The van der Waals surface area contributed by atoms with Crippen molar-refractivity contribution in [2.45, 2.75) is 0 Å². The summed E-state index contributed by atoms with van der Waals surface area (Å²) in [6, 6.07) is 0.283. The second-order valence-corrected chi connectivity index (χ2v) is 5.23. The largest absolute Gasteiger partial charge is 0.467 e. The van der Waals surface area contributed by atoms with Crippen molar-refractivity contribution in [3.05, 3.63) is 0 Å². The Kier molecular flexibility index (Phi) is 3.72. The summed E-state index contributed by atoms with van der Waals surface area (Å²) in [7, 11) is 2.55. The number of aromatic nitrogens is 3. The van der Waals surface area contributed by atoms with E-state index in [0.29, 0.717) is 36.5 Å². The third-order valence-corrected chi connectivity index (χ3v) is 3.75. The van der Waals surface area contributed by atoms with Gasteiger partial charge in [-0.25, -0.2) is 0 Å². The summed E-state index contributed by atoms with van der Waals surface area (Å²) in [6.45, 7) is 1.39. The Hall–Kier alpha value is -1.44. The molecule has 1 aliphatic rings. The van der Waals surface area contributed by atoms with Crippen molar-refractivity contribution in [3.8, 4) is 6.01 Å². The second-order valence-electron chi connectivity index (χ2n) is 3.53. The van der Waals surface area contributed by atoms with E-state index in [0.717, 1.165) is 0 Å². The lowest BCUT2D eigenvalue weighted by atomic mass is 10.5. The Bertz CT molecular complexity index is 396. The minimum atomic E-state index is -0.709. The Morgan fingerprint density at radius 1 is 1.29 bits per heavy atom. The molecule has 0 bridgehead atoms. The smallest absolute Gasteiger partial charge is 0.322 e. The molecule has 8 heteroatoms. The van der Waals surface area contributed by atoms with E-state index >= 15 is 0 Å². The van der Waals surface area contributed by atoms with Gasteiger partial charge in [-0.05, 0) is 0 Å². The van der Waals surface area contributed by atoms with E-state index in [1.54, 1.807) is 7.05 Å². The van der Waals surface area contributed by atoms with Crippen molar-refractivity contribution in [2.75, 3.05) is 49.0 Å². The molecule has 0 aromatic carbocycles. The SMILES string of the molecule is CNc1nc(OC)nc(N2CCS(=O)CC2)n1. The van der Waals surface area contributed by atoms with Gasteiger partial charge in [0.15, 0.2) is 0 Å². The number of ether oxygens (including phenoxy) is 1. The zero-order valence-corrected chi connectivity index (χ0v) is 10.7. The third-order valence-electron chi connectivity index (χ3n) is 2.47. The van der Waals surface area contributed by atoms with E-state index in [1.807, 2.05) is 4.90 Å². The lowest BCUT2D eigenvalue weighted by molar-refractivity contribution is 0.379. The van der Waals surface area contributed by atoms with Crippen molar-refractivity contribution in [2.24, 2.45) is 0 Å². The number of anilines is 2. The first kappa shape index (κ1) is 12.0. The monoisotopic (exact) mass is 257 g/mol. The van der Waals surface area contributed by atoms with Gasteiger partial charge in [-0.1, -0.05) is 0 Å². The number of nitrogens with one attached hydrogen (secondary N) is 1. The first-order valence-electron chi connectivity index (χ1n) is 5.30. The molecule has 0 amide bonds. The van der Waals surface area contributed by atoms with E-state index < -0.39 is 10.8 Å². The number of hydrogen-bond acceptors (Lipinski definition) is 7. The van der Waals surface area contributed by atoms with E-state index in [9.17, 15) is 4.21 Å². The Morgan fingerprint density at radius 2 is 2.00 bits per heavy atom. The molecule has 1 aromatic heterocycles. The summed E-state index contributed by atoms with van der Waals surface area (Å²) < 4.78 is 16.3. The molecule has 2 rings (SSSR count). The Labute approximate surface area is 102 Å². The molecule has 1 N–H and O–H groups in total. The summed E-state index contributed by atoms with van der Waals surface area (Å²) in [6.07, 6.45) is 0. The lowest BCUT2D eigenvalue weighted by Gasteiger charge is -2.26. The molecule has 0 radical (unpaired) electrons. The second kappa shape index (κ2) is 5.26. The van der Waals surface area contributed by atoms with Crippen LogP contribution in [0.1, 0.15) is 0 Å². The highest BCUT2D eigenvalue weighted by molar-refractivity contribution is 7.85. The van der Waals surface area contributed by atoms with Crippen LogP contribution in [-0.2, 0) is 10.8 Å². The van der Waals surface area contributed by atoms with E-state index in [1.165, 1.54) is 7.11 Å². The summed E-state index contributed by atoms with van der Waals surface area (Å²) in [4.78, 5) is 14.5. The van der Waals surface area contributed by atoms with Crippen LogP contribution in [0.3, 0.4) is 0 Å². The normalized spacial score (nSPS) is 16.9. The van der Waals surface area contributed by atoms with Crippen LogP contribution in [-0.4, -0.2) is 57.9 Å². The van der Waals surface area contributed by atoms with Crippen LogP contribution in [0.15, 0.2) is 0 Å². The van der Waals surface area contributed by atoms with Gasteiger partial charge in [-0.3, -0.25) is 4.21 Å². The van der Waals surface area contributed by atoms with E-state index in [4.69, 9.17) is 4.74 Å². The minimum absolute atomic E-state index is 0.283. The zero-order valence-electron chi connectivity index (χ0n) is 9.84. The first-order chi connectivity index (χ1) is 8.22. The van der Waals surface area contributed by atoms with Crippen LogP contribution < -0.4 is 15.0 Å². The fraction of sp³-hybridized carbons (Fsp3) is 0.667. The van der Waals surface area contributed by atoms with Crippen LogP contribution in [0.5, 0.6) is 6.01 Å². The van der Waals surface area contributed by atoms with Crippen LogP contribution in [0, 0.1) is 0 Å². The van der Waals surface area contributed by atoms with Gasteiger partial charge >= 0.3 is 6.01 Å². The molecular formula is C9H15N5O2S. The van der Waals surface area contributed by atoms with E-state index in [2.05, 4.69) is 20.3 Å². The molecule has 94 valence electrons. The molecule has 1 fully saturated rings. The number of methoxy groups -OCH3 is 1. The van der Waals surface area contributed by atoms with Gasteiger partial charge in [0.1, 0.15) is 0 Å². The van der Waals surface area contributed by atoms with Crippen molar-refractivity contribution in [1.82, 2.24) is 15.0 Å². The minimum Gasteiger partial charge on any atom is -0.467 e. The molecule has 0 spiro atoms. The van der Waals surface area contributed by atoms with Crippen LogP contribution in [0.25, 0.3) is 0 Å². The van der Waals surface area contributed by atoms with Gasteiger partial charge < -0.3 is 15.0 Å². The fourth-order valence-electron chi connectivity index (χ4n) is 1.53. The number of hydrogen-bond donors (Lipinski definition) is 1. The van der Waals surface area contributed by atoms with Gasteiger partial charge in [-0.15, -0.1) is 0 Å². The van der Waals surface area contributed by atoms with Crippen molar-refractivity contribution >= 4 is 22.7 Å². The topological polar surface area (TPSA) is 80.2 Å². The highest BCUT2D eigenvalue weighted by Crippen LogP contribution is 2.15. The van der Waals surface area contributed by atoms with Crippen LogP contribution in [0.4, 0.5) is 11.9 Å². The van der Waals surface area contributed by atoms with Gasteiger partial charge in [0, 0.05) is 42.4 Å². The summed E-state index contributed by atoms with van der Waals surface area (Å²) in [5.74, 6) is 2.35. The Morgan fingerprint density at radius 3 is 2.59 bits per heavy atom. The maximum atomic E-state index is 11.3. The molecular weight excluding hydrogens is 242 g/mol. The first-order valence-corrected chi connectivity index (χ1v) is 6.79. The molecule has 1 aliphatic heterocycles. The van der Waals surface area contributed by atoms with Gasteiger partial charge in [-0.2, -0.15) is 15.0 Å². The maximum Gasteiger partial charge on any atom is 0.322 e. The van der Waals surface area contributed by atoms with Gasteiger partial charge in [0.05, 0.1) is 7.11 Å². The molecule has 0 aliphatic carbocycles. The molecule has 7 nitrogen and oxygen atoms in total. The van der Waals surface area contributed by atoms with Gasteiger partial charge in [0.25, 0.3) is 0 Å². The highest BCUT2D eigenvalue weighted by Gasteiger charge is 2.19. The number of nitrogens with zero attached hydrogens (tertiary/aromatic N) is 4. The van der Waals surface area contributed by atoms with Crippen LogP contribution >= 0.6 is 0 Å². The highest BCUT2D eigenvalue weighted by atomic mass is 32.2. The number of rotatable bonds is 3. The van der Waals surface area contributed by atoms with Crippen molar-refractivity contribution in [1.29, 1.82) is 0 Å². The lowest BCUT2D eigenvalue weighted by Crippen LogP contribution is -2.38. The predicted octanol–water partition coefficient (Wildman–Crippen LogP) is -0.509. The molecule has 0 atom stereocenters. The standard InChI is InChI=1S/C9H15N5O2S/c1-10-7-11-8(13-9(12-7)16-2)14-3-5-17(15)6-4-14/h3-6H2,1-2H3,(H,10,11,12,13). The average Bonchev–Trinajstić information content (AvgIpc) is 2.39. The molecule has 1 saturated heterocycles. The fourth-order valence-corrected chi connectivity index (χ4v) is 2.58. The van der Waals surface area contributed by atoms with Gasteiger partial charge in [0.2, 0.25) is 11.9 Å². The predicted molar refractivity (Wildman–Crippen MR) is 66.0 cm³/mol. The average molecular weight is 257 g/mol. The van der Waals surface area contributed by atoms with Crippen molar-refractivity contribution < 1.29 is 8.95 Å². The van der Waals surface area contributed by atoms with Crippen molar-refractivity contribution in [3.63, 3.8) is 0 Å². The quantitative estimate of drug-likeness (QED) is 0.781. The Balaban J connectivity index is 2.22. The third kappa shape index (κ3) is 2.82. The van der Waals surface area contributed by atoms with E-state index in [-0.39, 0.29) is 6.01 Å². The molecule has 1 aromatic rings. The summed E-state index contributed by atoms with van der Waals surface area (Å²) in [5, 5.41) is 2.86. The molecule has 17 heavy (non-hydrogen) atoms. The summed E-state index contributed by atoms with van der Waals surface area (Å²) >= 11 is 0. The molecule has 0 saturated carbocycles.